The number of nitrogens with zero attached hydrogens (tertiary/aromatic N) is 2. The molecular weight excluding hydrogens is 240 g/mol. The Bertz CT molecular complexity index is 603. The Morgan fingerprint density at radius 2 is 2.05 bits per heavy atom. The van der Waals surface area contributed by atoms with E-state index < -0.39 is 0 Å². The van der Waals surface area contributed by atoms with Gasteiger partial charge in [0.25, 0.3) is 0 Å². The van der Waals surface area contributed by atoms with Crippen LogP contribution in [0.4, 0.5) is 0 Å². The van der Waals surface area contributed by atoms with Gasteiger partial charge in [-0.2, -0.15) is 0 Å². The van der Waals surface area contributed by atoms with Crippen LogP contribution >= 0.6 is 0 Å². The zero-order valence-corrected chi connectivity index (χ0v) is 11.4. The Labute approximate surface area is 112 Å². The van der Waals surface area contributed by atoms with E-state index in [4.69, 9.17) is 4.52 Å². The molecule has 3 rings (SSSR count). The van der Waals surface area contributed by atoms with Crippen molar-refractivity contribution in [3.8, 4) is 0 Å². The molecule has 0 spiro atoms. The molecule has 0 amide bonds. The van der Waals surface area contributed by atoms with Gasteiger partial charge in [-0.1, -0.05) is 5.16 Å². The van der Waals surface area contributed by atoms with E-state index in [2.05, 4.69) is 15.9 Å². The number of rotatable bonds is 2. The zero-order valence-electron chi connectivity index (χ0n) is 11.4. The number of hydrogen-bond acceptors (Lipinski definition) is 3. The smallest absolute Gasteiger partial charge is 0.164 e. The van der Waals surface area contributed by atoms with E-state index in [1.165, 1.54) is 5.56 Å². The summed E-state index contributed by atoms with van der Waals surface area (Å²) >= 11 is 0. The van der Waals surface area contributed by atoms with Crippen molar-refractivity contribution in [3.05, 3.63) is 40.5 Å². The molecule has 0 saturated heterocycles. The van der Waals surface area contributed by atoms with Gasteiger partial charge in [-0.25, -0.2) is 0 Å². The summed E-state index contributed by atoms with van der Waals surface area (Å²) in [6, 6.07) is 0. The van der Waals surface area contributed by atoms with Crippen LogP contribution in [0.1, 0.15) is 52.2 Å². The third kappa shape index (κ3) is 2.23. The van der Waals surface area contributed by atoms with Crippen molar-refractivity contribution in [2.45, 2.75) is 46.1 Å². The van der Waals surface area contributed by atoms with Gasteiger partial charge in [0, 0.05) is 29.9 Å². The number of ketones is 1. The van der Waals surface area contributed by atoms with Crippen LogP contribution in [-0.4, -0.2) is 15.5 Å². The molecule has 0 unspecified atom stereocenters. The molecule has 19 heavy (non-hydrogen) atoms. The van der Waals surface area contributed by atoms with Gasteiger partial charge in [0.1, 0.15) is 5.76 Å². The predicted octanol–water partition coefficient (Wildman–Crippen LogP) is 3.05. The lowest BCUT2D eigenvalue weighted by Crippen LogP contribution is -2.00. The zero-order chi connectivity index (χ0) is 13.4. The molecule has 1 aliphatic carbocycles. The molecule has 0 atom stereocenters. The quantitative estimate of drug-likeness (QED) is 0.778. The second-order valence-corrected chi connectivity index (χ2v) is 5.30. The molecule has 0 N–H and O–H groups in total. The first-order chi connectivity index (χ1) is 9.15. The fourth-order valence-electron chi connectivity index (χ4n) is 2.74. The Morgan fingerprint density at radius 3 is 2.79 bits per heavy atom. The van der Waals surface area contributed by atoms with E-state index in [0.717, 1.165) is 48.4 Å². The Balaban J connectivity index is 1.91. The summed E-state index contributed by atoms with van der Waals surface area (Å²) in [5, 5.41) is 3.97. The van der Waals surface area contributed by atoms with E-state index in [9.17, 15) is 4.79 Å². The number of hydrogen-bond donors (Lipinski definition) is 0. The van der Waals surface area contributed by atoms with Crippen LogP contribution in [0.3, 0.4) is 0 Å². The van der Waals surface area contributed by atoms with E-state index in [-0.39, 0.29) is 5.78 Å². The molecule has 2 heterocycles. The average Bonchev–Trinajstić information content (AvgIpc) is 2.88. The normalized spacial score (nSPS) is 15.4. The lowest BCUT2D eigenvalue weighted by Gasteiger charge is -2.02. The van der Waals surface area contributed by atoms with Gasteiger partial charge in [-0.05, 0) is 38.7 Å². The van der Waals surface area contributed by atoms with Crippen LogP contribution in [0.5, 0.6) is 0 Å². The third-order valence-corrected chi connectivity index (χ3v) is 3.88. The number of Topliss-reactive ketones (excluding diaryl/α,β-unsaturated/α-hetero) is 1. The van der Waals surface area contributed by atoms with Gasteiger partial charge in [-0.15, -0.1) is 0 Å². The van der Waals surface area contributed by atoms with Crippen molar-refractivity contribution in [2.24, 2.45) is 0 Å². The van der Waals surface area contributed by atoms with Gasteiger partial charge >= 0.3 is 0 Å². The van der Waals surface area contributed by atoms with Gasteiger partial charge in [0.05, 0.1) is 12.2 Å². The highest BCUT2D eigenvalue weighted by Gasteiger charge is 2.18. The maximum Gasteiger partial charge on any atom is 0.164 e. The number of carbonyl (C=O) groups is 1. The molecule has 4 nitrogen and oxygen atoms in total. The molecule has 4 heteroatoms. The molecule has 0 radical (unpaired) electrons. The molecule has 0 fully saturated rings. The van der Waals surface area contributed by atoms with E-state index in [1.807, 2.05) is 20.0 Å². The van der Waals surface area contributed by atoms with Crippen molar-refractivity contribution >= 4 is 5.78 Å². The lowest BCUT2D eigenvalue weighted by molar-refractivity contribution is 0.0982. The highest BCUT2D eigenvalue weighted by atomic mass is 16.5. The summed E-state index contributed by atoms with van der Waals surface area (Å²) in [5.74, 6) is 1.14. The van der Waals surface area contributed by atoms with Crippen LogP contribution < -0.4 is 0 Å². The topological polar surface area (TPSA) is 48.0 Å². The molecule has 0 aromatic carbocycles. The summed E-state index contributed by atoms with van der Waals surface area (Å²) < 4.78 is 7.26. The second kappa shape index (κ2) is 4.68. The molecular formula is C15H18N2O2. The summed E-state index contributed by atoms with van der Waals surface area (Å²) in [7, 11) is 0. The third-order valence-electron chi connectivity index (χ3n) is 3.88. The fourth-order valence-corrected chi connectivity index (χ4v) is 2.74. The van der Waals surface area contributed by atoms with Crippen molar-refractivity contribution < 1.29 is 9.32 Å². The molecule has 0 aliphatic heterocycles. The van der Waals surface area contributed by atoms with Crippen molar-refractivity contribution in [1.29, 1.82) is 0 Å². The number of aromatic nitrogens is 2. The van der Waals surface area contributed by atoms with E-state index in [0.29, 0.717) is 6.42 Å². The fraction of sp³-hybridized carbons (Fsp3) is 0.467. The number of carbonyl (C=O) groups excluding carboxylic acids is 1. The van der Waals surface area contributed by atoms with Gasteiger partial charge in [0.2, 0.25) is 0 Å². The van der Waals surface area contributed by atoms with Crippen molar-refractivity contribution in [1.82, 2.24) is 9.72 Å². The number of aryl methyl sites for hydroxylation is 3. The van der Waals surface area contributed by atoms with Crippen LogP contribution in [0.2, 0.25) is 0 Å². The molecule has 2 aromatic rings. The maximum atomic E-state index is 12.0. The van der Waals surface area contributed by atoms with Crippen LogP contribution in [0.15, 0.2) is 16.9 Å². The lowest BCUT2D eigenvalue weighted by atomic mass is 10.1. The summed E-state index contributed by atoms with van der Waals surface area (Å²) in [4.78, 5) is 12.0. The Kier molecular flexibility index (Phi) is 3.01. The van der Waals surface area contributed by atoms with Gasteiger partial charge in [-0.3, -0.25) is 4.79 Å². The Morgan fingerprint density at radius 1 is 1.26 bits per heavy atom. The summed E-state index contributed by atoms with van der Waals surface area (Å²) in [5.41, 5.74) is 4.13. The minimum absolute atomic E-state index is 0.282. The monoisotopic (exact) mass is 258 g/mol. The first kappa shape index (κ1) is 12.2. The highest BCUT2D eigenvalue weighted by Crippen LogP contribution is 2.23. The maximum absolute atomic E-state index is 12.0. The summed E-state index contributed by atoms with van der Waals surface area (Å²) in [6.07, 6.45) is 7.89. The van der Waals surface area contributed by atoms with Crippen LogP contribution in [-0.2, 0) is 13.0 Å². The Hall–Kier alpha value is -1.84. The predicted molar refractivity (Wildman–Crippen MR) is 71.4 cm³/mol. The van der Waals surface area contributed by atoms with Crippen molar-refractivity contribution in [2.75, 3.05) is 0 Å². The summed E-state index contributed by atoms with van der Waals surface area (Å²) in [6.45, 7) is 4.60. The molecule has 2 aromatic heterocycles. The molecule has 0 saturated carbocycles. The van der Waals surface area contributed by atoms with Crippen LogP contribution in [0.25, 0.3) is 0 Å². The minimum atomic E-state index is 0.282. The largest absolute Gasteiger partial charge is 0.361 e. The molecule has 1 aliphatic rings. The van der Waals surface area contributed by atoms with E-state index in [1.54, 1.807) is 0 Å². The SMILES string of the molecule is Cc1noc(C)c1Cn1cc2c(c1)C(=O)CCCC2. The van der Waals surface area contributed by atoms with Gasteiger partial charge in [0.15, 0.2) is 5.78 Å². The van der Waals surface area contributed by atoms with E-state index >= 15 is 0 Å². The first-order valence-electron chi connectivity index (χ1n) is 6.79. The average molecular weight is 258 g/mol. The minimum Gasteiger partial charge on any atom is -0.361 e. The molecule has 100 valence electrons. The van der Waals surface area contributed by atoms with Crippen molar-refractivity contribution in [3.63, 3.8) is 0 Å². The standard InChI is InChI=1S/C15H18N2O2/c1-10-13(11(2)19-16-10)8-17-7-12-5-3-4-6-15(18)14(12)9-17/h7,9H,3-6,8H2,1-2H3. The highest BCUT2D eigenvalue weighted by molar-refractivity contribution is 5.97. The van der Waals surface area contributed by atoms with Crippen LogP contribution in [0, 0.1) is 13.8 Å². The first-order valence-corrected chi connectivity index (χ1v) is 6.79. The number of fused-ring (bicyclic) bond motifs is 1. The van der Waals surface area contributed by atoms with Gasteiger partial charge < -0.3 is 9.09 Å². The molecule has 0 bridgehead atoms. The second-order valence-electron chi connectivity index (χ2n) is 5.30.